The zero-order chi connectivity index (χ0) is 7.40. The lowest BCUT2D eigenvalue weighted by atomic mass is 10.1. The number of nitriles is 1. The fraction of sp³-hybridized carbons (Fsp3) is 0.125. The van der Waals surface area contributed by atoms with Crippen LogP contribution in [0.1, 0.15) is 11.1 Å². The Morgan fingerprint density at radius 1 is 1.50 bits per heavy atom. The fourth-order valence-corrected chi connectivity index (χ4v) is 0.731. The summed E-state index contributed by atoms with van der Waals surface area (Å²) >= 11 is 0. The summed E-state index contributed by atoms with van der Waals surface area (Å²) in [6.07, 6.45) is 0. The van der Waals surface area contributed by atoms with Crippen molar-refractivity contribution in [3.63, 3.8) is 0 Å². The summed E-state index contributed by atoms with van der Waals surface area (Å²) in [6, 6.07) is 8.68. The van der Waals surface area contributed by atoms with Crippen LogP contribution in [0.25, 0.3) is 0 Å². The van der Waals surface area contributed by atoms with Crippen molar-refractivity contribution in [1.29, 1.82) is 5.26 Å². The summed E-state index contributed by atoms with van der Waals surface area (Å²) in [5, 5.41) is 18.7. The van der Waals surface area contributed by atoms with Crippen LogP contribution in [0, 0.1) is 11.3 Å². The van der Waals surface area contributed by atoms with Crippen LogP contribution >= 0.6 is 0 Å². The smallest absolute Gasteiger partial charge is 0.0991 e. The molecule has 0 unspecified atom stereocenters. The molecular weight excluding hydrogens is 126 g/mol. The van der Waals surface area contributed by atoms with Crippen molar-refractivity contribution in [2.45, 2.75) is 6.61 Å². The number of hydrogen-bond acceptors (Lipinski definition) is 2. The van der Waals surface area contributed by atoms with E-state index in [0.29, 0.717) is 11.1 Å². The number of nitrogens with zero attached hydrogens (tertiary/aromatic N) is 1. The standard InChI is InChI=1S/C8H6NO/c9-5-7-2-1-3-8(4-7)6-10/h1-4H,6H2/q-1. The van der Waals surface area contributed by atoms with Gasteiger partial charge < -0.3 is 5.11 Å². The first-order chi connectivity index (χ1) is 4.86. The van der Waals surface area contributed by atoms with Crippen LogP contribution in [0.2, 0.25) is 0 Å². The lowest BCUT2D eigenvalue weighted by Gasteiger charge is -2.02. The van der Waals surface area contributed by atoms with E-state index in [1.54, 1.807) is 24.3 Å². The van der Waals surface area contributed by atoms with Gasteiger partial charge in [-0.25, -0.2) is 0 Å². The van der Waals surface area contributed by atoms with E-state index >= 15 is 0 Å². The van der Waals surface area contributed by atoms with Gasteiger partial charge in [0.1, 0.15) is 0 Å². The lowest BCUT2D eigenvalue weighted by molar-refractivity contribution is -0.386. The van der Waals surface area contributed by atoms with Gasteiger partial charge in [-0.1, -0.05) is 17.7 Å². The highest BCUT2D eigenvalue weighted by Crippen LogP contribution is 2.01. The molecular formula is C8H6NO-. The summed E-state index contributed by atoms with van der Waals surface area (Å²) in [6.45, 7) is -0.254. The van der Waals surface area contributed by atoms with Gasteiger partial charge in [0.2, 0.25) is 0 Å². The average Bonchev–Trinajstić information content (AvgIpc) is 2.05. The summed E-state index contributed by atoms with van der Waals surface area (Å²) < 4.78 is 0. The first-order valence-electron chi connectivity index (χ1n) is 2.94. The third kappa shape index (κ3) is 1.34. The highest BCUT2D eigenvalue weighted by molar-refractivity contribution is 5.32. The molecule has 0 aliphatic rings. The molecule has 0 radical (unpaired) electrons. The Hall–Kier alpha value is -1.33. The minimum atomic E-state index is -0.254. The molecule has 0 saturated carbocycles. The van der Waals surface area contributed by atoms with Crippen molar-refractivity contribution in [2.24, 2.45) is 0 Å². The summed E-state index contributed by atoms with van der Waals surface area (Å²) in [5.74, 6) is 0. The summed E-state index contributed by atoms with van der Waals surface area (Å²) in [4.78, 5) is 0. The Kier molecular flexibility index (Phi) is 2.03. The molecule has 50 valence electrons. The van der Waals surface area contributed by atoms with Gasteiger partial charge in [0, 0.05) is 0 Å². The number of hydrogen-bond donors (Lipinski definition) is 0. The minimum Gasteiger partial charge on any atom is -0.851 e. The Morgan fingerprint density at radius 3 is 2.90 bits per heavy atom. The molecule has 2 nitrogen and oxygen atoms in total. The van der Waals surface area contributed by atoms with Crippen molar-refractivity contribution >= 4 is 0 Å². The Balaban J connectivity index is 3.01. The molecule has 0 fully saturated rings. The first-order valence-corrected chi connectivity index (χ1v) is 2.94. The average molecular weight is 132 g/mol. The quantitative estimate of drug-likeness (QED) is 0.555. The molecule has 0 atom stereocenters. The Bertz CT molecular complexity index is 262. The molecule has 10 heavy (non-hydrogen) atoms. The summed E-state index contributed by atoms with van der Waals surface area (Å²) in [5.41, 5.74) is 1.22. The Morgan fingerprint density at radius 2 is 2.30 bits per heavy atom. The predicted molar refractivity (Wildman–Crippen MR) is 34.9 cm³/mol. The van der Waals surface area contributed by atoms with Gasteiger partial charge in [-0.05, 0) is 12.1 Å². The topological polar surface area (TPSA) is 46.8 Å². The molecule has 1 aromatic carbocycles. The van der Waals surface area contributed by atoms with Crippen LogP contribution in [0.5, 0.6) is 0 Å². The van der Waals surface area contributed by atoms with Crippen LogP contribution < -0.4 is 5.11 Å². The monoisotopic (exact) mass is 132 g/mol. The van der Waals surface area contributed by atoms with Gasteiger partial charge in [-0.2, -0.15) is 5.26 Å². The SMILES string of the molecule is N#Cc1cccc(C[O-])c1. The zero-order valence-electron chi connectivity index (χ0n) is 5.37. The molecule has 0 spiro atoms. The van der Waals surface area contributed by atoms with E-state index in [1.165, 1.54) is 0 Å². The molecule has 0 bridgehead atoms. The number of rotatable bonds is 1. The van der Waals surface area contributed by atoms with Crippen molar-refractivity contribution in [3.8, 4) is 6.07 Å². The maximum absolute atomic E-state index is 10.3. The normalized spacial score (nSPS) is 8.80. The predicted octanol–water partition coefficient (Wildman–Crippen LogP) is 0.419. The fourth-order valence-electron chi connectivity index (χ4n) is 0.731. The molecule has 1 aromatic rings. The third-order valence-electron chi connectivity index (χ3n) is 1.22. The molecule has 0 N–H and O–H groups in total. The van der Waals surface area contributed by atoms with Gasteiger partial charge >= 0.3 is 0 Å². The second kappa shape index (κ2) is 3.00. The highest BCUT2D eigenvalue weighted by atomic mass is 16.3. The van der Waals surface area contributed by atoms with Gasteiger partial charge in [0.25, 0.3) is 0 Å². The minimum absolute atomic E-state index is 0.254. The third-order valence-corrected chi connectivity index (χ3v) is 1.22. The molecule has 0 saturated heterocycles. The van der Waals surface area contributed by atoms with Gasteiger partial charge in [0.15, 0.2) is 0 Å². The second-order valence-electron chi connectivity index (χ2n) is 1.96. The molecule has 0 heterocycles. The van der Waals surface area contributed by atoms with Crippen LogP contribution in [0.3, 0.4) is 0 Å². The lowest BCUT2D eigenvalue weighted by Crippen LogP contribution is -2.01. The largest absolute Gasteiger partial charge is 0.851 e. The van der Waals surface area contributed by atoms with E-state index in [1.807, 2.05) is 6.07 Å². The van der Waals surface area contributed by atoms with Crippen LogP contribution in [-0.2, 0) is 6.61 Å². The van der Waals surface area contributed by atoms with E-state index in [9.17, 15) is 5.11 Å². The second-order valence-corrected chi connectivity index (χ2v) is 1.96. The van der Waals surface area contributed by atoms with Gasteiger partial charge in [-0.3, -0.25) is 0 Å². The maximum atomic E-state index is 10.3. The van der Waals surface area contributed by atoms with E-state index in [0.717, 1.165) is 0 Å². The van der Waals surface area contributed by atoms with Gasteiger partial charge in [0.05, 0.1) is 11.6 Å². The highest BCUT2D eigenvalue weighted by Gasteiger charge is 1.87. The number of benzene rings is 1. The summed E-state index contributed by atoms with van der Waals surface area (Å²) in [7, 11) is 0. The van der Waals surface area contributed by atoms with E-state index in [4.69, 9.17) is 5.26 Å². The molecule has 0 aliphatic heterocycles. The van der Waals surface area contributed by atoms with Crippen LogP contribution in [0.4, 0.5) is 0 Å². The van der Waals surface area contributed by atoms with Crippen molar-refractivity contribution < 1.29 is 5.11 Å². The molecule has 0 amide bonds. The zero-order valence-corrected chi connectivity index (χ0v) is 5.37. The molecule has 1 rings (SSSR count). The first kappa shape index (κ1) is 6.79. The maximum Gasteiger partial charge on any atom is 0.0991 e. The van der Waals surface area contributed by atoms with E-state index in [2.05, 4.69) is 0 Å². The van der Waals surface area contributed by atoms with Crippen molar-refractivity contribution in [1.82, 2.24) is 0 Å². The Labute approximate surface area is 59.3 Å². The molecule has 2 heteroatoms. The molecule has 0 aliphatic carbocycles. The molecule has 0 aromatic heterocycles. The van der Waals surface area contributed by atoms with E-state index < -0.39 is 0 Å². The van der Waals surface area contributed by atoms with Crippen molar-refractivity contribution in [2.75, 3.05) is 0 Å². The van der Waals surface area contributed by atoms with Crippen LogP contribution in [-0.4, -0.2) is 0 Å². The van der Waals surface area contributed by atoms with Gasteiger partial charge in [-0.15, -0.1) is 6.61 Å². The van der Waals surface area contributed by atoms with Crippen molar-refractivity contribution in [3.05, 3.63) is 35.4 Å². The van der Waals surface area contributed by atoms with E-state index in [-0.39, 0.29) is 6.61 Å². The van der Waals surface area contributed by atoms with Crippen LogP contribution in [0.15, 0.2) is 24.3 Å².